The fourth-order valence-electron chi connectivity index (χ4n) is 2.59. The van der Waals surface area contributed by atoms with Gasteiger partial charge in [-0.2, -0.15) is 0 Å². The lowest BCUT2D eigenvalue weighted by atomic mass is 9.96. The van der Waals surface area contributed by atoms with Crippen LogP contribution in [-0.2, 0) is 0 Å². The third kappa shape index (κ3) is 2.96. The van der Waals surface area contributed by atoms with E-state index in [4.69, 9.17) is 11.5 Å². The molecule has 1 fully saturated rings. The summed E-state index contributed by atoms with van der Waals surface area (Å²) in [7, 11) is 0. The molecule has 1 saturated heterocycles. The molecular weight excluding hydrogens is 256 g/mol. The molecule has 20 heavy (non-hydrogen) atoms. The van der Waals surface area contributed by atoms with Crippen LogP contribution in [0.5, 0.6) is 0 Å². The summed E-state index contributed by atoms with van der Waals surface area (Å²) in [5.74, 6) is -0.689. The molecule has 2 heterocycles. The number of nitrogens with two attached hydrogens (primary N) is 2. The quantitative estimate of drug-likeness (QED) is 0.840. The van der Waals surface area contributed by atoms with E-state index in [0.717, 1.165) is 19.3 Å². The summed E-state index contributed by atoms with van der Waals surface area (Å²) in [6, 6.07) is 3.06. The molecule has 2 amide bonds. The second-order valence-electron chi connectivity index (χ2n) is 5.22. The van der Waals surface area contributed by atoms with E-state index >= 15 is 0 Å². The van der Waals surface area contributed by atoms with Crippen LogP contribution in [0.3, 0.4) is 0 Å². The number of carbonyl (C=O) groups excluding carboxylic acids is 2. The molecule has 2 atom stereocenters. The predicted octanol–water partition coefficient (Wildman–Crippen LogP) is 0.522. The Balaban J connectivity index is 2.18. The van der Waals surface area contributed by atoms with Gasteiger partial charge in [0.15, 0.2) is 0 Å². The molecule has 0 aromatic carbocycles. The molecule has 0 bridgehead atoms. The van der Waals surface area contributed by atoms with Crippen LogP contribution in [0, 0.1) is 0 Å². The maximum Gasteiger partial charge on any atom is 0.267 e. The van der Waals surface area contributed by atoms with Crippen molar-refractivity contribution in [3.8, 4) is 0 Å². The van der Waals surface area contributed by atoms with Crippen LogP contribution in [0.4, 0.5) is 0 Å². The monoisotopic (exact) mass is 276 g/mol. The summed E-state index contributed by atoms with van der Waals surface area (Å²) in [4.78, 5) is 29.2. The smallest absolute Gasteiger partial charge is 0.267 e. The molecule has 0 saturated carbocycles. The zero-order valence-corrected chi connectivity index (χ0v) is 11.6. The number of primary amides is 1. The first-order valence-electron chi connectivity index (χ1n) is 6.83. The van der Waals surface area contributed by atoms with Gasteiger partial charge >= 0.3 is 0 Å². The summed E-state index contributed by atoms with van der Waals surface area (Å²) in [5, 5.41) is 0. The third-order valence-corrected chi connectivity index (χ3v) is 3.68. The minimum absolute atomic E-state index is 0.0582. The Labute approximate surface area is 118 Å². The van der Waals surface area contributed by atoms with Crippen LogP contribution >= 0.6 is 0 Å². The topological polar surface area (TPSA) is 102 Å². The van der Waals surface area contributed by atoms with Crippen molar-refractivity contribution in [2.75, 3.05) is 6.54 Å². The SMILES string of the molecule is C[C@@H](N)[C@@H]1CCCCN1C(=O)c1ccc(C(N)=O)nc1. The predicted molar refractivity (Wildman–Crippen MR) is 75.1 cm³/mol. The molecule has 2 rings (SSSR count). The number of nitrogens with zero attached hydrogens (tertiary/aromatic N) is 2. The summed E-state index contributed by atoms with van der Waals surface area (Å²) in [6.07, 6.45) is 4.40. The normalized spacial score (nSPS) is 20.5. The highest BCUT2D eigenvalue weighted by Gasteiger charge is 2.29. The lowest BCUT2D eigenvalue weighted by Crippen LogP contribution is -2.51. The largest absolute Gasteiger partial charge is 0.364 e. The van der Waals surface area contributed by atoms with Crippen LogP contribution in [0.25, 0.3) is 0 Å². The highest BCUT2D eigenvalue weighted by molar-refractivity contribution is 5.96. The fourth-order valence-corrected chi connectivity index (χ4v) is 2.59. The molecule has 6 nitrogen and oxygen atoms in total. The Morgan fingerprint density at radius 1 is 1.40 bits per heavy atom. The van der Waals surface area contributed by atoms with Crippen LogP contribution < -0.4 is 11.5 Å². The molecular formula is C14H20N4O2. The van der Waals surface area contributed by atoms with Crippen molar-refractivity contribution in [3.05, 3.63) is 29.6 Å². The lowest BCUT2D eigenvalue weighted by molar-refractivity contribution is 0.0583. The van der Waals surface area contributed by atoms with Crippen molar-refractivity contribution in [2.24, 2.45) is 11.5 Å². The average molecular weight is 276 g/mol. The molecule has 108 valence electrons. The van der Waals surface area contributed by atoms with Gasteiger partial charge in [-0.25, -0.2) is 0 Å². The number of piperidine rings is 1. The standard InChI is InChI=1S/C14H20N4O2/c1-9(15)12-4-2-3-7-18(12)14(20)10-5-6-11(13(16)19)17-8-10/h5-6,8-9,12H,2-4,7,15H2,1H3,(H2,16,19)/t9-,12+/m1/s1. The van der Waals surface area contributed by atoms with Gasteiger partial charge in [0.1, 0.15) is 5.69 Å². The molecule has 4 N–H and O–H groups in total. The highest BCUT2D eigenvalue weighted by Crippen LogP contribution is 2.21. The van der Waals surface area contributed by atoms with Crippen molar-refractivity contribution < 1.29 is 9.59 Å². The Morgan fingerprint density at radius 3 is 2.70 bits per heavy atom. The molecule has 1 aliphatic rings. The number of carbonyl (C=O) groups is 2. The summed E-state index contributed by atoms with van der Waals surface area (Å²) in [6.45, 7) is 2.63. The number of pyridine rings is 1. The van der Waals surface area contributed by atoms with E-state index in [9.17, 15) is 9.59 Å². The van der Waals surface area contributed by atoms with Crippen molar-refractivity contribution in [1.82, 2.24) is 9.88 Å². The van der Waals surface area contributed by atoms with Crippen LogP contribution in [0.15, 0.2) is 18.3 Å². The van der Waals surface area contributed by atoms with E-state index in [2.05, 4.69) is 4.98 Å². The molecule has 1 aromatic rings. The van der Waals surface area contributed by atoms with E-state index < -0.39 is 5.91 Å². The Hall–Kier alpha value is -1.95. The van der Waals surface area contributed by atoms with Gasteiger partial charge in [-0.1, -0.05) is 0 Å². The number of likely N-dealkylation sites (tertiary alicyclic amines) is 1. The van der Waals surface area contributed by atoms with Crippen molar-refractivity contribution >= 4 is 11.8 Å². The highest BCUT2D eigenvalue weighted by atomic mass is 16.2. The molecule has 0 spiro atoms. The Morgan fingerprint density at radius 2 is 2.15 bits per heavy atom. The van der Waals surface area contributed by atoms with Crippen LogP contribution in [0.2, 0.25) is 0 Å². The van der Waals surface area contributed by atoms with Crippen molar-refractivity contribution in [1.29, 1.82) is 0 Å². The maximum atomic E-state index is 12.5. The van der Waals surface area contributed by atoms with Gasteiger partial charge < -0.3 is 16.4 Å². The van der Waals surface area contributed by atoms with Gasteiger partial charge in [-0.05, 0) is 38.3 Å². The minimum atomic E-state index is -0.601. The van der Waals surface area contributed by atoms with E-state index in [1.54, 1.807) is 6.07 Å². The van der Waals surface area contributed by atoms with Gasteiger partial charge in [-0.3, -0.25) is 14.6 Å². The van der Waals surface area contributed by atoms with E-state index in [1.165, 1.54) is 12.3 Å². The zero-order valence-electron chi connectivity index (χ0n) is 11.6. The zero-order chi connectivity index (χ0) is 14.7. The number of hydrogen-bond acceptors (Lipinski definition) is 4. The first-order valence-corrected chi connectivity index (χ1v) is 6.83. The van der Waals surface area contributed by atoms with E-state index in [0.29, 0.717) is 12.1 Å². The van der Waals surface area contributed by atoms with Crippen LogP contribution in [-0.4, -0.2) is 40.3 Å². The summed E-state index contributed by atoms with van der Waals surface area (Å²) < 4.78 is 0. The van der Waals surface area contributed by atoms with Crippen LogP contribution in [0.1, 0.15) is 47.0 Å². The lowest BCUT2D eigenvalue weighted by Gasteiger charge is -2.38. The maximum absolute atomic E-state index is 12.5. The Kier molecular flexibility index (Phi) is 4.34. The second kappa shape index (κ2) is 6.00. The van der Waals surface area contributed by atoms with Gasteiger partial charge in [-0.15, -0.1) is 0 Å². The van der Waals surface area contributed by atoms with Gasteiger partial charge in [0, 0.05) is 24.8 Å². The number of amides is 2. The molecule has 0 radical (unpaired) electrons. The molecule has 1 aliphatic heterocycles. The van der Waals surface area contributed by atoms with Gasteiger partial charge in [0.25, 0.3) is 11.8 Å². The third-order valence-electron chi connectivity index (χ3n) is 3.68. The molecule has 0 unspecified atom stereocenters. The van der Waals surface area contributed by atoms with E-state index in [1.807, 2.05) is 11.8 Å². The Bertz CT molecular complexity index is 498. The summed E-state index contributed by atoms with van der Waals surface area (Å²) in [5.41, 5.74) is 11.7. The van der Waals surface area contributed by atoms with Crippen molar-refractivity contribution in [2.45, 2.75) is 38.3 Å². The van der Waals surface area contributed by atoms with E-state index in [-0.39, 0.29) is 23.7 Å². The molecule has 6 heteroatoms. The number of rotatable bonds is 3. The second-order valence-corrected chi connectivity index (χ2v) is 5.22. The molecule has 0 aliphatic carbocycles. The number of aromatic nitrogens is 1. The summed E-state index contributed by atoms with van der Waals surface area (Å²) >= 11 is 0. The first-order chi connectivity index (χ1) is 9.50. The molecule has 1 aromatic heterocycles. The fraction of sp³-hybridized carbons (Fsp3) is 0.500. The average Bonchev–Trinajstić information content (AvgIpc) is 2.46. The van der Waals surface area contributed by atoms with Gasteiger partial charge in [0.2, 0.25) is 0 Å². The first kappa shape index (κ1) is 14.5. The minimum Gasteiger partial charge on any atom is -0.364 e. The number of hydrogen-bond donors (Lipinski definition) is 2. The van der Waals surface area contributed by atoms with Gasteiger partial charge in [0.05, 0.1) is 5.56 Å². The van der Waals surface area contributed by atoms with Crippen molar-refractivity contribution in [3.63, 3.8) is 0 Å².